The van der Waals surface area contributed by atoms with E-state index in [4.69, 9.17) is 5.73 Å². The summed E-state index contributed by atoms with van der Waals surface area (Å²) in [5.41, 5.74) is 7.41. The normalized spacial score (nSPS) is 11.0. The van der Waals surface area contributed by atoms with Crippen LogP contribution in [0.3, 0.4) is 0 Å². The van der Waals surface area contributed by atoms with E-state index in [1.165, 1.54) is 0 Å². The Hall–Kier alpha value is -0.940. The highest BCUT2D eigenvalue weighted by molar-refractivity contribution is 9.10. The van der Waals surface area contributed by atoms with Gasteiger partial charge in [0.15, 0.2) is 0 Å². The highest BCUT2D eigenvalue weighted by Gasteiger charge is 2.03. The van der Waals surface area contributed by atoms with Crippen LogP contribution < -0.4 is 5.73 Å². The summed E-state index contributed by atoms with van der Waals surface area (Å²) < 4.78 is 2.91. The van der Waals surface area contributed by atoms with Crippen LogP contribution in [0.2, 0.25) is 0 Å². The summed E-state index contributed by atoms with van der Waals surface area (Å²) in [4.78, 5) is 0. The summed E-state index contributed by atoms with van der Waals surface area (Å²) in [6.07, 6.45) is 0.925. The SMILES string of the molecule is NCCCn1nnc2cc(Br)ccc21. The highest BCUT2D eigenvalue weighted by Crippen LogP contribution is 2.17. The van der Waals surface area contributed by atoms with Crippen LogP contribution in [-0.2, 0) is 6.54 Å². The van der Waals surface area contributed by atoms with E-state index in [9.17, 15) is 0 Å². The van der Waals surface area contributed by atoms with Gasteiger partial charge in [0, 0.05) is 11.0 Å². The predicted molar refractivity (Wildman–Crippen MR) is 58.9 cm³/mol. The number of nitrogens with two attached hydrogens (primary N) is 1. The smallest absolute Gasteiger partial charge is 0.114 e. The Morgan fingerprint density at radius 1 is 1.43 bits per heavy atom. The molecule has 0 aliphatic heterocycles. The molecule has 0 atom stereocenters. The Morgan fingerprint density at radius 3 is 3.07 bits per heavy atom. The zero-order valence-corrected chi connectivity index (χ0v) is 9.24. The van der Waals surface area contributed by atoms with Crippen molar-refractivity contribution in [2.45, 2.75) is 13.0 Å². The molecule has 1 heterocycles. The molecular formula is C9H11BrN4. The van der Waals surface area contributed by atoms with Gasteiger partial charge < -0.3 is 5.73 Å². The van der Waals surface area contributed by atoms with Crippen molar-refractivity contribution in [2.75, 3.05) is 6.54 Å². The van der Waals surface area contributed by atoms with Crippen molar-refractivity contribution in [1.29, 1.82) is 0 Å². The van der Waals surface area contributed by atoms with Crippen molar-refractivity contribution in [1.82, 2.24) is 15.0 Å². The maximum absolute atomic E-state index is 5.44. The first-order valence-electron chi connectivity index (χ1n) is 4.50. The van der Waals surface area contributed by atoms with E-state index in [0.717, 1.165) is 28.5 Å². The third kappa shape index (κ3) is 1.78. The van der Waals surface area contributed by atoms with Crippen molar-refractivity contribution >= 4 is 27.0 Å². The summed E-state index contributed by atoms with van der Waals surface area (Å²) in [6.45, 7) is 1.51. The Balaban J connectivity index is 2.37. The summed E-state index contributed by atoms with van der Waals surface area (Å²) >= 11 is 3.40. The lowest BCUT2D eigenvalue weighted by molar-refractivity contribution is 0.579. The van der Waals surface area contributed by atoms with Gasteiger partial charge in [-0.2, -0.15) is 0 Å². The van der Waals surface area contributed by atoms with Crippen LogP contribution in [0.25, 0.3) is 11.0 Å². The fourth-order valence-corrected chi connectivity index (χ4v) is 1.70. The molecule has 0 unspecified atom stereocenters. The second-order valence-electron chi connectivity index (χ2n) is 3.09. The maximum Gasteiger partial charge on any atom is 0.114 e. The minimum atomic E-state index is 0.678. The molecule has 0 bridgehead atoms. The molecule has 2 N–H and O–H groups in total. The fourth-order valence-electron chi connectivity index (χ4n) is 1.35. The largest absolute Gasteiger partial charge is 0.330 e. The number of rotatable bonds is 3. The zero-order chi connectivity index (χ0) is 9.97. The number of aromatic nitrogens is 3. The summed E-state index contributed by atoms with van der Waals surface area (Å²) in [5.74, 6) is 0. The molecule has 4 nitrogen and oxygen atoms in total. The average molecular weight is 255 g/mol. The molecule has 2 rings (SSSR count). The summed E-state index contributed by atoms with van der Waals surface area (Å²) in [5, 5.41) is 8.14. The Bertz CT molecular complexity index is 437. The van der Waals surface area contributed by atoms with Gasteiger partial charge in [0.25, 0.3) is 0 Å². The third-order valence-corrected chi connectivity index (χ3v) is 2.54. The lowest BCUT2D eigenvalue weighted by Gasteiger charge is -1.99. The number of hydrogen-bond acceptors (Lipinski definition) is 3. The van der Waals surface area contributed by atoms with E-state index in [2.05, 4.69) is 26.2 Å². The summed E-state index contributed by atoms with van der Waals surface area (Å²) in [6, 6.07) is 5.96. The highest BCUT2D eigenvalue weighted by atomic mass is 79.9. The van der Waals surface area contributed by atoms with E-state index < -0.39 is 0 Å². The molecule has 0 aliphatic rings. The second-order valence-corrected chi connectivity index (χ2v) is 4.00. The van der Waals surface area contributed by atoms with Crippen LogP contribution in [0.15, 0.2) is 22.7 Å². The Kier molecular flexibility index (Phi) is 2.79. The number of halogens is 1. The molecule has 74 valence electrons. The summed E-state index contributed by atoms with van der Waals surface area (Å²) in [7, 11) is 0. The van der Waals surface area contributed by atoms with Crippen LogP contribution in [0.4, 0.5) is 0 Å². The van der Waals surface area contributed by atoms with E-state index in [1.807, 2.05) is 22.9 Å². The van der Waals surface area contributed by atoms with Gasteiger partial charge in [0.1, 0.15) is 5.52 Å². The fraction of sp³-hybridized carbons (Fsp3) is 0.333. The third-order valence-electron chi connectivity index (χ3n) is 2.05. The standard InChI is InChI=1S/C9H11BrN4/c10-7-2-3-9-8(6-7)12-13-14(9)5-1-4-11/h2-3,6H,1,4-5,11H2. The lowest BCUT2D eigenvalue weighted by Crippen LogP contribution is -2.06. The van der Waals surface area contributed by atoms with Gasteiger partial charge in [0.2, 0.25) is 0 Å². The zero-order valence-electron chi connectivity index (χ0n) is 7.65. The lowest BCUT2D eigenvalue weighted by atomic mass is 10.3. The first kappa shape index (κ1) is 9.61. The molecule has 0 saturated heterocycles. The molecule has 2 aromatic rings. The molecule has 5 heteroatoms. The van der Waals surface area contributed by atoms with Gasteiger partial charge in [-0.05, 0) is 31.2 Å². The van der Waals surface area contributed by atoms with Gasteiger partial charge in [-0.3, -0.25) is 0 Å². The van der Waals surface area contributed by atoms with E-state index in [-0.39, 0.29) is 0 Å². The molecular weight excluding hydrogens is 244 g/mol. The molecule has 1 aromatic carbocycles. The number of fused-ring (bicyclic) bond motifs is 1. The number of hydrogen-bond donors (Lipinski definition) is 1. The quantitative estimate of drug-likeness (QED) is 0.905. The molecule has 0 radical (unpaired) electrons. The number of aryl methyl sites for hydroxylation is 1. The van der Waals surface area contributed by atoms with Crippen LogP contribution in [0, 0.1) is 0 Å². The van der Waals surface area contributed by atoms with Crippen molar-refractivity contribution < 1.29 is 0 Å². The van der Waals surface area contributed by atoms with Gasteiger partial charge in [-0.1, -0.05) is 21.1 Å². The first-order chi connectivity index (χ1) is 6.81. The van der Waals surface area contributed by atoms with E-state index in [0.29, 0.717) is 6.54 Å². The Labute approximate surface area is 90.2 Å². The van der Waals surface area contributed by atoms with Crippen molar-refractivity contribution in [3.8, 4) is 0 Å². The number of nitrogens with zero attached hydrogens (tertiary/aromatic N) is 3. The average Bonchev–Trinajstić information content (AvgIpc) is 2.57. The van der Waals surface area contributed by atoms with Crippen LogP contribution in [0.1, 0.15) is 6.42 Å². The minimum Gasteiger partial charge on any atom is -0.330 e. The molecule has 14 heavy (non-hydrogen) atoms. The van der Waals surface area contributed by atoms with Crippen LogP contribution in [0.5, 0.6) is 0 Å². The van der Waals surface area contributed by atoms with Gasteiger partial charge in [-0.25, -0.2) is 4.68 Å². The van der Waals surface area contributed by atoms with Gasteiger partial charge >= 0.3 is 0 Å². The van der Waals surface area contributed by atoms with Crippen molar-refractivity contribution in [2.24, 2.45) is 5.73 Å². The predicted octanol–water partition coefficient (Wildman–Crippen LogP) is 1.54. The molecule has 0 spiro atoms. The number of benzene rings is 1. The molecule has 0 saturated carbocycles. The topological polar surface area (TPSA) is 56.7 Å². The maximum atomic E-state index is 5.44. The van der Waals surface area contributed by atoms with Crippen molar-refractivity contribution in [3.63, 3.8) is 0 Å². The minimum absolute atomic E-state index is 0.678. The van der Waals surface area contributed by atoms with Crippen LogP contribution in [-0.4, -0.2) is 21.5 Å². The van der Waals surface area contributed by atoms with Gasteiger partial charge in [-0.15, -0.1) is 5.10 Å². The first-order valence-corrected chi connectivity index (χ1v) is 5.29. The second kappa shape index (κ2) is 4.06. The molecule has 1 aromatic heterocycles. The van der Waals surface area contributed by atoms with E-state index >= 15 is 0 Å². The molecule has 0 aliphatic carbocycles. The van der Waals surface area contributed by atoms with Gasteiger partial charge in [0.05, 0.1) is 5.52 Å². The Morgan fingerprint density at radius 2 is 2.29 bits per heavy atom. The van der Waals surface area contributed by atoms with E-state index in [1.54, 1.807) is 0 Å². The molecule has 0 fully saturated rings. The molecule has 0 amide bonds. The monoisotopic (exact) mass is 254 g/mol. The van der Waals surface area contributed by atoms with Crippen LogP contribution >= 0.6 is 15.9 Å². The van der Waals surface area contributed by atoms with Crippen molar-refractivity contribution in [3.05, 3.63) is 22.7 Å².